The van der Waals surface area contributed by atoms with E-state index in [1.807, 2.05) is 72.5 Å². The number of amides is 2. The first kappa shape index (κ1) is 24.3. The van der Waals surface area contributed by atoms with Crippen LogP contribution in [0.1, 0.15) is 52.5 Å². The van der Waals surface area contributed by atoms with E-state index < -0.39 is 0 Å². The molecule has 0 radical (unpaired) electrons. The Morgan fingerprint density at radius 3 is 2.51 bits per heavy atom. The quantitative estimate of drug-likeness (QED) is 0.343. The van der Waals surface area contributed by atoms with Crippen LogP contribution in [0.4, 0.5) is 5.69 Å². The van der Waals surface area contributed by atoms with Crippen LogP contribution in [0.3, 0.4) is 0 Å². The van der Waals surface area contributed by atoms with E-state index in [1.54, 1.807) is 7.05 Å². The Hall–Kier alpha value is -4.39. The maximum Gasteiger partial charge on any atom is 0.279 e. The van der Waals surface area contributed by atoms with E-state index in [1.165, 1.54) is 16.7 Å². The summed E-state index contributed by atoms with van der Waals surface area (Å²) in [6, 6.07) is 25.3. The third kappa shape index (κ3) is 5.11. The largest absolute Gasteiger partial charge is 0.484 e. The molecule has 0 fully saturated rings. The van der Waals surface area contributed by atoms with Crippen molar-refractivity contribution >= 4 is 17.5 Å². The van der Waals surface area contributed by atoms with Gasteiger partial charge in [0.05, 0.1) is 6.04 Å². The van der Waals surface area contributed by atoms with E-state index in [0.717, 1.165) is 23.2 Å². The van der Waals surface area contributed by atoms with Crippen LogP contribution >= 0.6 is 0 Å². The highest BCUT2D eigenvalue weighted by atomic mass is 16.5. The summed E-state index contributed by atoms with van der Waals surface area (Å²) in [6.07, 6.45) is 2.61. The number of aromatic nitrogens is 1. The Labute approximate surface area is 216 Å². The fourth-order valence-electron chi connectivity index (χ4n) is 4.71. The maximum absolute atomic E-state index is 12.8. The molecule has 188 valence electrons. The number of fused-ring (bicyclic) bond motifs is 1. The van der Waals surface area contributed by atoms with Gasteiger partial charge in [0.1, 0.15) is 12.0 Å². The molecule has 2 amide bonds. The molecular weight excluding hydrogens is 466 g/mol. The predicted molar refractivity (Wildman–Crippen MR) is 140 cm³/mol. The Morgan fingerprint density at radius 1 is 1.05 bits per heavy atom. The van der Waals surface area contributed by atoms with Crippen molar-refractivity contribution in [1.29, 1.82) is 0 Å². The van der Waals surface area contributed by atoms with Gasteiger partial charge in [-0.3, -0.25) is 9.59 Å². The topological polar surface area (TPSA) is 75.9 Å². The molecule has 3 aromatic carbocycles. The van der Waals surface area contributed by atoms with Gasteiger partial charge in [-0.15, -0.1) is 0 Å². The standard InChI is InChI=1S/C30H29N3O4/c1-3-28(34)33-17-16-21-14-15-24(18-25(21)29(33)22-10-6-4-7-11-22)36-20-27-31-26(19-37-27)30(35)32(2)23-12-8-5-9-13-23/h4-15,18-19,29H,3,16-17,20H2,1-2H3. The summed E-state index contributed by atoms with van der Waals surface area (Å²) in [5.41, 5.74) is 4.32. The van der Waals surface area contributed by atoms with E-state index >= 15 is 0 Å². The van der Waals surface area contributed by atoms with Crippen LogP contribution in [0.25, 0.3) is 0 Å². The summed E-state index contributed by atoms with van der Waals surface area (Å²) in [7, 11) is 1.70. The van der Waals surface area contributed by atoms with Crippen molar-refractivity contribution < 1.29 is 18.7 Å². The van der Waals surface area contributed by atoms with Crippen molar-refractivity contribution in [1.82, 2.24) is 9.88 Å². The third-order valence-electron chi connectivity index (χ3n) is 6.67. The molecule has 1 aliphatic rings. The average Bonchev–Trinajstić information content (AvgIpc) is 3.44. The summed E-state index contributed by atoms with van der Waals surface area (Å²) in [5.74, 6) is 0.826. The number of carbonyl (C=O) groups excluding carboxylic acids is 2. The molecule has 1 atom stereocenters. The molecule has 2 heterocycles. The molecule has 1 aliphatic heterocycles. The van der Waals surface area contributed by atoms with Gasteiger partial charge in [0.25, 0.3) is 5.91 Å². The SMILES string of the molecule is CCC(=O)N1CCc2ccc(OCc3nc(C(=O)N(C)c4ccccc4)co3)cc2C1c1ccccc1. The van der Waals surface area contributed by atoms with Crippen LogP contribution in [-0.2, 0) is 17.8 Å². The molecule has 0 saturated heterocycles. The molecule has 0 N–H and O–H groups in total. The molecule has 1 aromatic heterocycles. The molecule has 0 saturated carbocycles. The minimum atomic E-state index is -0.263. The van der Waals surface area contributed by atoms with Crippen molar-refractivity contribution in [3.63, 3.8) is 0 Å². The zero-order chi connectivity index (χ0) is 25.8. The Kier molecular flexibility index (Phi) is 7.03. The van der Waals surface area contributed by atoms with E-state index in [-0.39, 0.29) is 30.2 Å². The van der Waals surface area contributed by atoms with Gasteiger partial charge in [-0.25, -0.2) is 4.98 Å². The van der Waals surface area contributed by atoms with Crippen LogP contribution in [0, 0.1) is 0 Å². The van der Waals surface area contributed by atoms with Crippen molar-refractivity contribution in [2.75, 3.05) is 18.5 Å². The predicted octanol–water partition coefficient (Wildman–Crippen LogP) is 5.41. The molecule has 0 spiro atoms. The highest BCUT2D eigenvalue weighted by Crippen LogP contribution is 2.37. The summed E-state index contributed by atoms with van der Waals surface area (Å²) in [4.78, 5) is 33.4. The highest BCUT2D eigenvalue weighted by Gasteiger charge is 2.31. The van der Waals surface area contributed by atoms with E-state index in [2.05, 4.69) is 23.2 Å². The smallest absolute Gasteiger partial charge is 0.279 e. The van der Waals surface area contributed by atoms with Gasteiger partial charge in [-0.1, -0.05) is 61.5 Å². The van der Waals surface area contributed by atoms with Gasteiger partial charge >= 0.3 is 0 Å². The minimum absolute atomic E-state index is 0.0781. The van der Waals surface area contributed by atoms with E-state index in [9.17, 15) is 9.59 Å². The van der Waals surface area contributed by atoms with Crippen LogP contribution in [0.2, 0.25) is 0 Å². The number of hydrogen-bond acceptors (Lipinski definition) is 5. The average molecular weight is 496 g/mol. The monoisotopic (exact) mass is 495 g/mol. The normalized spacial score (nSPS) is 14.6. The lowest BCUT2D eigenvalue weighted by atomic mass is 9.87. The Bertz CT molecular complexity index is 1380. The third-order valence-corrected chi connectivity index (χ3v) is 6.67. The second-order valence-corrected chi connectivity index (χ2v) is 8.98. The fraction of sp³-hybridized carbons (Fsp3) is 0.233. The maximum atomic E-state index is 12.8. The molecule has 37 heavy (non-hydrogen) atoms. The summed E-state index contributed by atoms with van der Waals surface area (Å²) < 4.78 is 11.5. The van der Waals surface area contributed by atoms with Crippen LogP contribution in [0.5, 0.6) is 5.75 Å². The molecule has 4 aromatic rings. The first-order chi connectivity index (χ1) is 18.0. The number of nitrogens with zero attached hydrogens (tertiary/aromatic N) is 3. The van der Waals surface area contributed by atoms with Crippen molar-refractivity contribution in [2.45, 2.75) is 32.4 Å². The first-order valence-corrected chi connectivity index (χ1v) is 12.4. The number of carbonyl (C=O) groups is 2. The second-order valence-electron chi connectivity index (χ2n) is 8.98. The molecule has 0 bridgehead atoms. The lowest BCUT2D eigenvalue weighted by molar-refractivity contribution is -0.132. The van der Waals surface area contributed by atoms with Crippen molar-refractivity contribution in [3.8, 4) is 5.75 Å². The van der Waals surface area contributed by atoms with E-state index in [0.29, 0.717) is 24.6 Å². The first-order valence-electron chi connectivity index (χ1n) is 12.4. The number of anilines is 1. The number of hydrogen-bond donors (Lipinski definition) is 0. The second kappa shape index (κ2) is 10.7. The molecule has 7 heteroatoms. The van der Waals surface area contributed by atoms with E-state index in [4.69, 9.17) is 9.15 Å². The zero-order valence-electron chi connectivity index (χ0n) is 21.0. The van der Waals surface area contributed by atoms with Gasteiger partial charge in [-0.2, -0.15) is 0 Å². The molecule has 7 nitrogen and oxygen atoms in total. The van der Waals surface area contributed by atoms with Gasteiger partial charge in [0, 0.05) is 25.7 Å². The van der Waals surface area contributed by atoms with Crippen LogP contribution < -0.4 is 9.64 Å². The molecule has 1 unspecified atom stereocenters. The minimum Gasteiger partial charge on any atom is -0.484 e. The van der Waals surface area contributed by atoms with Gasteiger partial charge in [0.2, 0.25) is 11.8 Å². The van der Waals surface area contributed by atoms with Crippen LogP contribution in [-0.4, -0.2) is 35.3 Å². The number of para-hydroxylation sites is 1. The summed E-state index contributed by atoms with van der Waals surface area (Å²) in [6.45, 7) is 2.66. The van der Waals surface area contributed by atoms with Crippen molar-refractivity contribution in [3.05, 3.63) is 113 Å². The number of oxazole rings is 1. The van der Waals surface area contributed by atoms with Crippen molar-refractivity contribution in [2.24, 2.45) is 0 Å². The molecular formula is C30H29N3O4. The number of benzene rings is 3. The van der Waals surface area contributed by atoms with Gasteiger partial charge in [0.15, 0.2) is 12.3 Å². The Morgan fingerprint density at radius 2 is 1.78 bits per heavy atom. The van der Waals surface area contributed by atoms with Gasteiger partial charge in [-0.05, 0) is 47.4 Å². The molecule has 0 aliphatic carbocycles. The van der Waals surface area contributed by atoms with Crippen LogP contribution in [0.15, 0.2) is 89.5 Å². The zero-order valence-corrected chi connectivity index (χ0v) is 21.0. The molecule has 5 rings (SSSR count). The highest BCUT2D eigenvalue weighted by molar-refractivity contribution is 6.04. The fourth-order valence-corrected chi connectivity index (χ4v) is 4.71. The number of ether oxygens (including phenoxy) is 1. The lowest BCUT2D eigenvalue weighted by Crippen LogP contribution is -2.40. The lowest BCUT2D eigenvalue weighted by Gasteiger charge is -2.38. The summed E-state index contributed by atoms with van der Waals surface area (Å²) >= 11 is 0. The van der Waals surface area contributed by atoms with Gasteiger partial charge < -0.3 is 19.0 Å². The number of rotatable bonds is 7. The Balaban J connectivity index is 1.33. The summed E-state index contributed by atoms with van der Waals surface area (Å²) in [5, 5.41) is 0.